The molecule has 0 aromatic carbocycles. The number of fused-ring (bicyclic) bond motifs is 1. The van der Waals surface area contributed by atoms with Crippen molar-refractivity contribution in [3.8, 4) is 0 Å². The molecular formula is C10H15N5O. The van der Waals surface area contributed by atoms with E-state index in [0.29, 0.717) is 5.65 Å². The summed E-state index contributed by atoms with van der Waals surface area (Å²) in [4.78, 5) is 15.3. The van der Waals surface area contributed by atoms with Gasteiger partial charge in [0.2, 0.25) is 0 Å². The van der Waals surface area contributed by atoms with E-state index in [0.717, 1.165) is 18.8 Å². The first-order valence-corrected chi connectivity index (χ1v) is 5.48. The molecule has 86 valence electrons. The zero-order chi connectivity index (χ0) is 11.4. The van der Waals surface area contributed by atoms with Gasteiger partial charge in [0.05, 0.1) is 0 Å². The average molecular weight is 221 g/mol. The highest BCUT2D eigenvalue weighted by molar-refractivity contribution is 5.48. The van der Waals surface area contributed by atoms with Crippen LogP contribution in [0.1, 0.15) is 26.2 Å². The van der Waals surface area contributed by atoms with Gasteiger partial charge in [-0.05, 0) is 6.42 Å². The summed E-state index contributed by atoms with van der Waals surface area (Å²) in [6, 6.07) is 1.75. The standard InChI is InChI=1S/C10H15N5O/c1-2-3-4-5-11-8-6-9-13-14-10(16)15(9)7-12-8/h6-7,11H,2-5H2,1H3,(H,14,16). The first-order chi connectivity index (χ1) is 7.81. The number of nitrogens with one attached hydrogen (secondary N) is 2. The van der Waals surface area contributed by atoms with E-state index in [9.17, 15) is 4.79 Å². The summed E-state index contributed by atoms with van der Waals surface area (Å²) >= 11 is 0. The number of aromatic nitrogens is 4. The molecule has 2 aromatic rings. The van der Waals surface area contributed by atoms with Gasteiger partial charge in [0.1, 0.15) is 12.1 Å². The first kappa shape index (κ1) is 10.7. The summed E-state index contributed by atoms with van der Waals surface area (Å²) in [6.45, 7) is 3.06. The number of anilines is 1. The lowest BCUT2D eigenvalue weighted by Crippen LogP contribution is -2.10. The molecule has 0 fully saturated rings. The Morgan fingerprint density at radius 2 is 2.38 bits per heavy atom. The topological polar surface area (TPSA) is 75.1 Å². The minimum absolute atomic E-state index is 0.264. The van der Waals surface area contributed by atoms with Crippen LogP contribution in [-0.2, 0) is 0 Å². The highest BCUT2D eigenvalue weighted by atomic mass is 16.1. The Kier molecular flexibility index (Phi) is 3.19. The number of nitrogens with zero attached hydrogens (tertiary/aromatic N) is 3. The van der Waals surface area contributed by atoms with Gasteiger partial charge in [0.15, 0.2) is 5.65 Å². The van der Waals surface area contributed by atoms with E-state index >= 15 is 0 Å². The number of aromatic amines is 1. The highest BCUT2D eigenvalue weighted by Gasteiger charge is 2.01. The van der Waals surface area contributed by atoms with Crippen molar-refractivity contribution in [2.45, 2.75) is 26.2 Å². The van der Waals surface area contributed by atoms with E-state index in [1.54, 1.807) is 6.07 Å². The second kappa shape index (κ2) is 4.78. The number of H-pyrrole nitrogens is 1. The van der Waals surface area contributed by atoms with Crippen LogP contribution in [0.2, 0.25) is 0 Å². The second-order valence-corrected chi connectivity index (χ2v) is 3.66. The molecular weight excluding hydrogens is 206 g/mol. The maximum atomic E-state index is 11.2. The number of rotatable bonds is 5. The van der Waals surface area contributed by atoms with Crippen molar-refractivity contribution >= 4 is 11.5 Å². The molecule has 2 N–H and O–H groups in total. The number of hydrogen-bond donors (Lipinski definition) is 2. The second-order valence-electron chi connectivity index (χ2n) is 3.66. The third-order valence-electron chi connectivity index (χ3n) is 2.40. The molecule has 0 radical (unpaired) electrons. The van der Waals surface area contributed by atoms with Gasteiger partial charge in [0.25, 0.3) is 0 Å². The van der Waals surface area contributed by atoms with Crippen molar-refractivity contribution in [1.82, 2.24) is 19.6 Å². The van der Waals surface area contributed by atoms with Crippen molar-refractivity contribution in [3.05, 3.63) is 22.9 Å². The average Bonchev–Trinajstić information content (AvgIpc) is 2.66. The quantitative estimate of drug-likeness (QED) is 0.739. The van der Waals surface area contributed by atoms with Crippen LogP contribution >= 0.6 is 0 Å². The van der Waals surface area contributed by atoms with Crippen molar-refractivity contribution in [1.29, 1.82) is 0 Å². The van der Waals surface area contributed by atoms with Crippen LogP contribution in [0.15, 0.2) is 17.2 Å². The van der Waals surface area contributed by atoms with Crippen LogP contribution < -0.4 is 11.0 Å². The van der Waals surface area contributed by atoms with E-state index in [-0.39, 0.29) is 5.69 Å². The van der Waals surface area contributed by atoms with Gasteiger partial charge in [-0.1, -0.05) is 19.8 Å². The lowest BCUT2D eigenvalue weighted by Gasteiger charge is -2.04. The number of hydrogen-bond acceptors (Lipinski definition) is 4. The monoisotopic (exact) mass is 221 g/mol. The zero-order valence-electron chi connectivity index (χ0n) is 9.23. The fourth-order valence-electron chi connectivity index (χ4n) is 1.50. The van der Waals surface area contributed by atoms with Crippen LogP contribution in [0.5, 0.6) is 0 Å². The molecule has 0 saturated carbocycles. The van der Waals surface area contributed by atoms with Crippen molar-refractivity contribution in [3.63, 3.8) is 0 Å². The Morgan fingerprint density at radius 3 is 3.19 bits per heavy atom. The third kappa shape index (κ3) is 2.21. The molecule has 6 heteroatoms. The van der Waals surface area contributed by atoms with Crippen molar-refractivity contribution in [2.75, 3.05) is 11.9 Å². The fraction of sp³-hybridized carbons (Fsp3) is 0.500. The van der Waals surface area contributed by atoms with Gasteiger partial charge in [-0.15, -0.1) is 0 Å². The molecule has 2 rings (SSSR count). The van der Waals surface area contributed by atoms with E-state index in [2.05, 4.69) is 27.4 Å². The van der Waals surface area contributed by atoms with Gasteiger partial charge in [-0.2, -0.15) is 5.10 Å². The molecule has 0 amide bonds. The van der Waals surface area contributed by atoms with Gasteiger partial charge >= 0.3 is 5.69 Å². The Labute approximate surface area is 92.7 Å². The maximum Gasteiger partial charge on any atom is 0.348 e. The molecule has 0 saturated heterocycles. The molecule has 0 aliphatic rings. The minimum atomic E-state index is -0.264. The van der Waals surface area contributed by atoms with E-state index in [1.165, 1.54) is 23.6 Å². The molecule has 0 bridgehead atoms. The maximum absolute atomic E-state index is 11.2. The molecule has 16 heavy (non-hydrogen) atoms. The molecule has 0 spiro atoms. The van der Waals surface area contributed by atoms with Crippen LogP contribution in [0.25, 0.3) is 5.65 Å². The van der Waals surface area contributed by atoms with Crippen LogP contribution in [0.4, 0.5) is 5.82 Å². The summed E-state index contributed by atoms with van der Waals surface area (Å²) in [5.41, 5.74) is 0.318. The summed E-state index contributed by atoms with van der Waals surface area (Å²) in [6.07, 6.45) is 5.00. The Morgan fingerprint density at radius 1 is 1.50 bits per heavy atom. The Balaban J connectivity index is 2.05. The molecule has 0 aliphatic heterocycles. The largest absolute Gasteiger partial charge is 0.370 e. The molecule has 6 nitrogen and oxygen atoms in total. The van der Waals surface area contributed by atoms with Crippen molar-refractivity contribution < 1.29 is 0 Å². The molecule has 2 aromatic heterocycles. The fourth-order valence-corrected chi connectivity index (χ4v) is 1.50. The van der Waals surface area contributed by atoms with Gasteiger partial charge in [-0.3, -0.25) is 0 Å². The summed E-state index contributed by atoms with van der Waals surface area (Å²) in [5.74, 6) is 0.752. The molecule has 0 aliphatic carbocycles. The molecule has 0 atom stereocenters. The van der Waals surface area contributed by atoms with Gasteiger partial charge < -0.3 is 5.32 Å². The summed E-state index contributed by atoms with van der Waals surface area (Å²) < 4.78 is 1.37. The van der Waals surface area contributed by atoms with Gasteiger partial charge in [-0.25, -0.2) is 19.3 Å². The molecule has 2 heterocycles. The SMILES string of the molecule is CCCCCNc1cc2n[nH]c(=O)n2cn1. The van der Waals surface area contributed by atoms with Gasteiger partial charge in [0, 0.05) is 12.6 Å². The lowest BCUT2D eigenvalue weighted by molar-refractivity contribution is 0.742. The summed E-state index contributed by atoms with van der Waals surface area (Å²) in [7, 11) is 0. The predicted octanol–water partition coefficient (Wildman–Crippen LogP) is 1.02. The number of unbranched alkanes of at least 4 members (excludes halogenated alkanes) is 2. The van der Waals surface area contributed by atoms with E-state index in [1.807, 2.05) is 0 Å². The van der Waals surface area contributed by atoms with Crippen LogP contribution in [-0.4, -0.2) is 26.1 Å². The van der Waals surface area contributed by atoms with Crippen LogP contribution in [0, 0.1) is 0 Å². The van der Waals surface area contributed by atoms with E-state index in [4.69, 9.17) is 0 Å². The normalized spacial score (nSPS) is 10.8. The lowest BCUT2D eigenvalue weighted by atomic mass is 10.2. The predicted molar refractivity (Wildman–Crippen MR) is 61.6 cm³/mol. The minimum Gasteiger partial charge on any atom is -0.370 e. The summed E-state index contributed by atoms with van der Waals surface area (Å²) in [5, 5.41) is 9.44. The first-order valence-electron chi connectivity index (χ1n) is 5.48. The van der Waals surface area contributed by atoms with Crippen LogP contribution in [0.3, 0.4) is 0 Å². The molecule has 0 unspecified atom stereocenters. The smallest absolute Gasteiger partial charge is 0.348 e. The van der Waals surface area contributed by atoms with E-state index < -0.39 is 0 Å². The zero-order valence-corrected chi connectivity index (χ0v) is 9.23. The van der Waals surface area contributed by atoms with Crippen molar-refractivity contribution in [2.24, 2.45) is 0 Å². The third-order valence-corrected chi connectivity index (χ3v) is 2.40. The Bertz CT molecular complexity index is 515. The Hall–Kier alpha value is -1.85. The highest BCUT2D eigenvalue weighted by Crippen LogP contribution is 2.04.